The minimum Gasteiger partial charge on any atom is -0.496 e. The lowest BCUT2D eigenvalue weighted by molar-refractivity contribution is 0.303. The Morgan fingerprint density at radius 2 is 1.83 bits per heavy atom. The van der Waals surface area contributed by atoms with Crippen LogP contribution in [0.1, 0.15) is 40.6 Å². The first kappa shape index (κ1) is 33.4. The maximum absolute atomic E-state index is 5.67. The van der Waals surface area contributed by atoms with Crippen LogP contribution in [0.2, 0.25) is 0 Å². The molecule has 0 bridgehead atoms. The number of aryl methyl sites for hydroxylation is 2. The van der Waals surface area contributed by atoms with Gasteiger partial charge in [0.1, 0.15) is 5.75 Å². The Kier molecular flexibility index (Phi) is 14.8. The topological polar surface area (TPSA) is 80.9 Å². The summed E-state index contributed by atoms with van der Waals surface area (Å²) in [4.78, 5) is 8.12. The molecule has 3 aromatic rings. The summed E-state index contributed by atoms with van der Waals surface area (Å²) in [7, 11) is 3.82. The number of benzene rings is 2. The van der Waals surface area contributed by atoms with Gasteiger partial charge in [0, 0.05) is 41.8 Å². The Morgan fingerprint density at radius 1 is 1.11 bits per heavy atom. The number of piperidine rings is 1. The van der Waals surface area contributed by atoms with Gasteiger partial charge < -0.3 is 25.7 Å². The number of anilines is 2. The van der Waals surface area contributed by atoms with Crippen LogP contribution in [0.3, 0.4) is 0 Å². The standard InChI is InChI=1S/C25H32N4OS.3ClH.H2O/c1-17-18(2)31-25(28-17)29(3)21-12-13-23(30-4)20(15-21)16-27-22-11-8-14-26-24(22)19-9-6-5-7-10-19;;;;/h5-7,9-10,12-13,15,22,24,26-27H,8,11,14,16H2,1-4H3;3*1H;1H2. The van der Waals surface area contributed by atoms with E-state index in [2.05, 4.69) is 85.0 Å². The quantitative estimate of drug-likeness (QED) is 0.393. The Bertz CT molecular complexity index is 1000. The van der Waals surface area contributed by atoms with Crippen molar-refractivity contribution in [2.24, 2.45) is 0 Å². The van der Waals surface area contributed by atoms with E-state index in [0.29, 0.717) is 12.1 Å². The molecule has 1 saturated heterocycles. The van der Waals surface area contributed by atoms with Gasteiger partial charge in [-0.05, 0) is 57.0 Å². The maximum atomic E-state index is 5.67. The van der Waals surface area contributed by atoms with Gasteiger partial charge in [0.05, 0.1) is 12.8 Å². The lowest BCUT2D eigenvalue weighted by Crippen LogP contribution is -2.45. The van der Waals surface area contributed by atoms with Crippen molar-refractivity contribution in [3.05, 3.63) is 70.2 Å². The van der Waals surface area contributed by atoms with Crippen LogP contribution in [0.4, 0.5) is 10.8 Å². The first-order valence-electron chi connectivity index (χ1n) is 10.9. The van der Waals surface area contributed by atoms with Gasteiger partial charge in [-0.1, -0.05) is 30.3 Å². The molecule has 2 unspecified atom stereocenters. The van der Waals surface area contributed by atoms with Crippen LogP contribution >= 0.6 is 48.6 Å². The Hall–Kier alpha value is -1.58. The van der Waals surface area contributed by atoms with Gasteiger partial charge in [-0.3, -0.25) is 0 Å². The van der Waals surface area contributed by atoms with E-state index in [1.54, 1.807) is 18.4 Å². The molecule has 10 heteroatoms. The largest absolute Gasteiger partial charge is 0.496 e. The molecule has 1 aliphatic rings. The number of methoxy groups -OCH3 is 1. The summed E-state index contributed by atoms with van der Waals surface area (Å²) < 4.78 is 5.67. The Labute approximate surface area is 231 Å². The average molecular weight is 564 g/mol. The molecule has 6 nitrogen and oxygen atoms in total. The molecule has 2 atom stereocenters. The first-order valence-corrected chi connectivity index (χ1v) is 11.7. The summed E-state index contributed by atoms with van der Waals surface area (Å²) in [5, 5.41) is 8.52. The Morgan fingerprint density at radius 3 is 2.46 bits per heavy atom. The molecule has 4 N–H and O–H groups in total. The SMILES string of the molecule is COc1ccc(N(C)c2nc(C)c(C)s2)cc1CNC1CCCNC1c1ccccc1.Cl.Cl.Cl.O. The summed E-state index contributed by atoms with van der Waals surface area (Å²) in [5.41, 5.74) is 4.72. The molecule has 0 radical (unpaired) electrons. The number of halogens is 3. The molecule has 1 aliphatic heterocycles. The van der Waals surface area contributed by atoms with Gasteiger partial charge >= 0.3 is 0 Å². The third kappa shape index (κ3) is 7.95. The number of ether oxygens (including phenoxy) is 1. The van der Waals surface area contributed by atoms with Crippen molar-refractivity contribution in [2.45, 2.75) is 45.3 Å². The number of hydrogen-bond donors (Lipinski definition) is 2. The minimum atomic E-state index is 0. The Balaban J connectivity index is 0.00000289. The predicted octanol–water partition coefficient (Wildman–Crippen LogP) is 5.56. The first-order chi connectivity index (χ1) is 15.1. The molecule has 35 heavy (non-hydrogen) atoms. The van der Waals surface area contributed by atoms with E-state index < -0.39 is 0 Å². The minimum absolute atomic E-state index is 0. The van der Waals surface area contributed by atoms with Crippen LogP contribution in [0.5, 0.6) is 5.75 Å². The monoisotopic (exact) mass is 562 g/mol. The normalized spacial score (nSPS) is 16.6. The molecule has 0 saturated carbocycles. The lowest BCUT2D eigenvalue weighted by Gasteiger charge is -2.34. The van der Waals surface area contributed by atoms with Gasteiger partial charge in [0.25, 0.3) is 0 Å². The third-order valence-corrected chi connectivity index (χ3v) is 7.28. The molecule has 2 aromatic carbocycles. The highest BCUT2D eigenvalue weighted by Crippen LogP contribution is 2.33. The highest BCUT2D eigenvalue weighted by molar-refractivity contribution is 7.15. The van der Waals surface area contributed by atoms with Crippen molar-refractivity contribution < 1.29 is 10.2 Å². The van der Waals surface area contributed by atoms with E-state index in [-0.39, 0.29) is 42.7 Å². The zero-order valence-corrected chi connectivity index (χ0v) is 23.8. The van der Waals surface area contributed by atoms with Crippen molar-refractivity contribution in [1.29, 1.82) is 0 Å². The van der Waals surface area contributed by atoms with Crippen molar-refractivity contribution in [2.75, 3.05) is 25.6 Å². The van der Waals surface area contributed by atoms with E-state index in [4.69, 9.17) is 9.72 Å². The van der Waals surface area contributed by atoms with Crippen LogP contribution in [-0.2, 0) is 6.54 Å². The van der Waals surface area contributed by atoms with Gasteiger partial charge in [-0.25, -0.2) is 4.98 Å². The molecular formula is C25H37Cl3N4O2S. The molecule has 0 spiro atoms. The fourth-order valence-electron chi connectivity index (χ4n) is 4.18. The lowest BCUT2D eigenvalue weighted by atomic mass is 9.92. The van der Waals surface area contributed by atoms with Crippen LogP contribution in [0.15, 0.2) is 48.5 Å². The second-order valence-corrected chi connectivity index (χ2v) is 9.35. The molecular weight excluding hydrogens is 527 g/mol. The van der Waals surface area contributed by atoms with Crippen LogP contribution < -0.4 is 20.3 Å². The fourth-order valence-corrected chi connectivity index (χ4v) is 5.07. The average Bonchev–Trinajstić information content (AvgIpc) is 3.16. The van der Waals surface area contributed by atoms with E-state index in [9.17, 15) is 0 Å². The molecule has 2 heterocycles. The molecule has 4 rings (SSSR count). The summed E-state index contributed by atoms with van der Waals surface area (Å²) in [6.07, 6.45) is 2.34. The second kappa shape index (κ2) is 15.5. The van der Waals surface area contributed by atoms with Crippen LogP contribution in [0.25, 0.3) is 0 Å². The van der Waals surface area contributed by atoms with Gasteiger partial charge in [-0.2, -0.15) is 0 Å². The van der Waals surface area contributed by atoms with Crippen molar-refractivity contribution in [3.63, 3.8) is 0 Å². The number of thiazole rings is 1. The number of nitrogens with one attached hydrogen (secondary N) is 2. The molecule has 1 aromatic heterocycles. The zero-order valence-electron chi connectivity index (χ0n) is 20.5. The summed E-state index contributed by atoms with van der Waals surface area (Å²) >= 11 is 1.73. The molecule has 1 fully saturated rings. The molecule has 0 amide bonds. The summed E-state index contributed by atoms with van der Waals surface area (Å²) in [6, 6.07) is 17.8. The molecule has 196 valence electrons. The van der Waals surface area contributed by atoms with E-state index in [1.807, 2.05) is 0 Å². The summed E-state index contributed by atoms with van der Waals surface area (Å²) in [6.45, 7) is 6.01. The highest BCUT2D eigenvalue weighted by Gasteiger charge is 2.26. The second-order valence-electron chi connectivity index (χ2n) is 8.17. The molecule has 0 aliphatic carbocycles. The third-order valence-electron chi connectivity index (χ3n) is 6.13. The number of hydrogen-bond acceptors (Lipinski definition) is 6. The highest BCUT2D eigenvalue weighted by atomic mass is 35.5. The zero-order chi connectivity index (χ0) is 21.8. The van der Waals surface area contributed by atoms with Crippen LogP contribution in [0, 0.1) is 13.8 Å². The predicted molar refractivity (Wildman–Crippen MR) is 155 cm³/mol. The van der Waals surface area contributed by atoms with E-state index >= 15 is 0 Å². The smallest absolute Gasteiger partial charge is 0.190 e. The maximum Gasteiger partial charge on any atom is 0.190 e. The van der Waals surface area contributed by atoms with Crippen molar-refractivity contribution in [1.82, 2.24) is 15.6 Å². The number of rotatable bonds is 7. The number of nitrogens with zero attached hydrogens (tertiary/aromatic N) is 2. The van der Waals surface area contributed by atoms with E-state index in [0.717, 1.165) is 47.3 Å². The number of aromatic nitrogens is 1. The van der Waals surface area contributed by atoms with Crippen LogP contribution in [-0.4, -0.2) is 37.2 Å². The fraction of sp³-hybridized carbons (Fsp3) is 0.400. The van der Waals surface area contributed by atoms with Crippen molar-refractivity contribution in [3.8, 4) is 5.75 Å². The van der Waals surface area contributed by atoms with E-state index in [1.165, 1.54) is 16.9 Å². The summed E-state index contributed by atoms with van der Waals surface area (Å²) in [5.74, 6) is 0.913. The van der Waals surface area contributed by atoms with Gasteiger partial charge in [0.15, 0.2) is 5.13 Å². The van der Waals surface area contributed by atoms with Gasteiger partial charge in [-0.15, -0.1) is 48.6 Å². The van der Waals surface area contributed by atoms with Gasteiger partial charge in [0.2, 0.25) is 0 Å². The van der Waals surface area contributed by atoms with Crippen molar-refractivity contribution >= 4 is 59.4 Å².